The third-order valence-corrected chi connectivity index (χ3v) is 5.32. The van der Waals surface area contributed by atoms with Crippen LogP contribution in [0.15, 0.2) is 54.6 Å². The van der Waals surface area contributed by atoms with Crippen molar-refractivity contribution in [2.45, 2.75) is 6.54 Å². The summed E-state index contributed by atoms with van der Waals surface area (Å²) in [6.45, 7) is 0.412. The van der Waals surface area contributed by atoms with Crippen LogP contribution < -0.4 is 9.47 Å². The highest BCUT2D eigenvalue weighted by Gasteiger charge is 2.17. The van der Waals surface area contributed by atoms with Gasteiger partial charge in [0.05, 0.1) is 19.1 Å². The van der Waals surface area contributed by atoms with Crippen LogP contribution in [0, 0.1) is 5.82 Å². The van der Waals surface area contributed by atoms with Crippen LogP contribution in [-0.2, 0) is 6.54 Å². The third kappa shape index (κ3) is 4.28. The molecule has 1 amide bonds. The lowest BCUT2D eigenvalue weighted by atomic mass is 10.1. The summed E-state index contributed by atoms with van der Waals surface area (Å²) < 4.78 is 23.7. The zero-order valence-electron chi connectivity index (χ0n) is 15.4. The molecule has 0 bridgehead atoms. The van der Waals surface area contributed by atoms with Gasteiger partial charge in [-0.2, -0.15) is 0 Å². The van der Waals surface area contributed by atoms with Gasteiger partial charge in [0.15, 0.2) is 0 Å². The van der Waals surface area contributed by atoms with Gasteiger partial charge in [-0.15, -0.1) is 11.3 Å². The lowest BCUT2D eigenvalue weighted by Gasteiger charge is -2.18. The quantitative estimate of drug-likeness (QED) is 0.609. The number of carbonyl (C=O) groups is 1. The van der Waals surface area contributed by atoms with Crippen molar-refractivity contribution in [2.24, 2.45) is 0 Å². The lowest BCUT2D eigenvalue weighted by molar-refractivity contribution is 0.0789. The molecular formula is C21H20FNO3S. The average Bonchev–Trinajstić information content (AvgIpc) is 3.18. The molecule has 4 nitrogen and oxygen atoms in total. The highest BCUT2D eigenvalue weighted by molar-refractivity contribution is 7.17. The zero-order valence-corrected chi connectivity index (χ0v) is 16.2. The Labute approximate surface area is 161 Å². The first-order valence-electron chi connectivity index (χ1n) is 8.34. The molecule has 140 valence electrons. The molecule has 2 aromatic carbocycles. The summed E-state index contributed by atoms with van der Waals surface area (Å²) in [6.07, 6.45) is 0. The second-order valence-electron chi connectivity index (χ2n) is 6.01. The predicted molar refractivity (Wildman–Crippen MR) is 105 cm³/mol. The van der Waals surface area contributed by atoms with E-state index in [-0.39, 0.29) is 11.7 Å². The second kappa shape index (κ2) is 8.22. The molecule has 3 rings (SSSR count). The molecule has 0 aliphatic heterocycles. The van der Waals surface area contributed by atoms with Crippen LogP contribution in [0.3, 0.4) is 0 Å². The van der Waals surface area contributed by atoms with Gasteiger partial charge in [-0.1, -0.05) is 12.1 Å². The summed E-state index contributed by atoms with van der Waals surface area (Å²) in [5.41, 5.74) is 1.78. The number of rotatable bonds is 6. The molecule has 0 radical (unpaired) electrons. The van der Waals surface area contributed by atoms with E-state index >= 15 is 0 Å². The van der Waals surface area contributed by atoms with E-state index in [0.29, 0.717) is 22.9 Å². The minimum atomic E-state index is -0.278. The number of benzene rings is 2. The molecule has 0 aliphatic carbocycles. The molecule has 1 aromatic heterocycles. The van der Waals surface area contributed by atoms with Crippen molar-refractivity contribution in [3.05, 3.63) is 70.9 Å². The van der Waals surface area contributed by atoms with Crippen molar-refractivity contribution in [2.75, 3.05) is 21.3 Å². The zero-order chi connectivity index (χ0) is 19.4. The first kappa shape index (κ1) is 18.9. The van der Waals surface area contributed by atoms with Gasteiger partial charge in [-0.3, -0.25) is 4.79 Å². The van der Waals surface area contributed by atoms with Crippen LogP contribution in [-0.4, -0.2) is 32.1 Å². The topological polar surface area (TPSA) is 38.8 Å². The van der Waals surface area contributed by atoms with Crippen molar-refractivity contribution in [1.29, 1.82) is 0 Å². The summed E-state index contributed by atoms with van der Waals surface area (Å²) in [5, 5.41) is 0. The Morgan fingerprint density at radius 1 is 1.04 bits per heavy atom. The normalized spacial score (nSPS) is 10.5. The Kier molecular flexibility index (Phi) is 5.76. The van der Waals surface area contributed by atoms with Gasteiger partial charge in [0.2, 0.25) is 0 Å². The van der Waals surface area contributed by atoms with Gasteiger partial charge in [-0.05, 0) is 42.0 Å². The number of halogens is 1. The molecule has 1 heterocycles. The summed E-state index contributed by atoms with van der Waals surface area (Å²) in [6, 6.07) is 15.5. The van der Waals surface area contributed by atoms with Gasteiger partial charge < -0.3 is 14.4 Å². The number of ether oxygens (including phenoxy) is 2. The number of carbonyl (C=O) groups excluding carboxylic acids is 1. The van der Waals surface area contributed by atoms with Crippen molar-refractivity contribution < 1.29 is 18.7 Å². The lowest BCUT2D eigenvalue weighted by Crippen LogP contribution is -2.25. The molecule has 0 saturated carbocycles. The van der Waals surface area contributed by atoms with E-state index in [1.807, 2.05) is 18.2 Å². The van der Waals surface area contributed by atoms with E-state index in [1.165, 1.54) is 23.5 Å². The Morgan fingerprint density at radius 2 is 1.78 bits per heavy atom. The van der Waals surface area contributed by atoms with E-state index in [9.17, 15) is 9.18 Å². The summed E-state index contributed by atoms with van der Waals surface area (Å²) in [7, 11) is 4.94. The molecule has 27 heavy (non-hydrogen) atoms. The first-order valence-corrected chi connectivity index (χ1v) is 9.15. The average molecular weight is 385 g/mol. The molecule has 0 N–H and O–H groups in total. The van der Waals surface area contributed by atoms with Crippen molar-refractivity contribution in [3.63, 3.8) is 0 Å². The molecule has 6 heteroatoms. The predicted octanol–water partition coefficient (Wildman–Crippen LogP) is 4.84. The maximum Gasteiger partial charge on any atom is 0.263 e. The van der Waals surface area contributed by atoms with Crippen molar-refractivity contribution in [1.82, 2.24) is 4.90 Å². The van der Waals surface area contributed by atoms with Crippen molar-refractivity contribution in [3.8, 4) is 21.9 Å². The van der Waals surface area contributed by atoms with E-state index in [0.717, 1.165) is 16.0 Å². The van der Waals surface area contributed by atoms with Crippen LogP contribution in [0.5, 0.6) is 11.5 Å². The molecule has 3 aromatic rings. The SMILES string of the molecule is COc1ccc(CN(C)C(=O)c2ccc(-c3ccc(F)cc3)s2)c(OC)c1. The maximum atomic E-state index is 13.1. The molecule has 0 unspecified atom stereocenters. The van der Waals surface area contributed by atoms with Crippen LogP contribution in [0.25, 0.3) is 10.4 Å². The summed E-state index contributed by atoms with van der Waals surface area (Å²) >= 11 is 1.39. The van der Waals surface area contributed by atoms with Gasteiger partial charge in [0.25, 0.3) is 5.91 Å². The molecule has 0 spiro atoms. The van der Waals surface area contributed by atoms with Crippen LogP contribution >= 0.6 is 11.3 Å². The third-order valence-electron chi connectivity index (χ3n) is 4.19. The fourth-order valence-corrected chi connectivity index (χ4v) is 3.73. The van der Waals surface area contributed by atoms with Gasteiger partial charge in [0.1, 0.15) is 17.3 Å². The Hall–Kier alpha value is -2.86. The number of amides is 1. The molecule has 0 fully saturated rings. The number of nitrogens with zero attached hydrogens (tertiary/aromatic N) is 1. The number of hydrogen-bond donors (Lipinski definition) is 0. The summed E-state index contributed by atoms with van der Waals surface area (Å²) in [4.78, 5) is 16.0. The van der Waals surface area contributed by atoms with Gasteiger partial charge in [0, 0.05) is 30.1 Å². The van der Waals surface area contributed by atoms with Crippen LogP contribution in [0.2, 0.25) is 0 Å². The van der Waals surface area contributed by atoms with E-state index < -0.39 is 0 Å². The fraction of sp³-hybridized carbons (Fsp3) is 0.190. The number of methoxy groups -OCH3 is 2. The Bertz CT molecular complexity index is 937. The monoisotopic (exact) mass is 385 g/mol. The number of thiophene rings is 1. The minimum Gasteiger partial charge on any atom is -0.497 e. The van der Waals surface area contributed by atoms with Crippen LogP contribution in [0.4, 0.5) is 4.39 Å². The van der Waals surface area contributed by atoms with E-state index in [4.69, 9.17) is 9.47 Å². The molecular weight excluding hydrogens is 365 g/mol. The molecule has 0 aliphatic rings. The van der Waals surface area contributed by atoms with E-state index in [2.05, 4.69) is 0 Å². The standard InChI is InChI=1S/C21H20FNO3S/c1-23(13-15-6-9-17(25-2)12-18(15)26-3)21(24)20-11-10-19(27-20)14-4-7-16(22)8-5-14/h4-12H,13H2,1-3H3. The minimum absolute atomic E-state index is 0.0776. The van der Waals surface area contributed by atoms with Gasteiger partial charge in [-0.25, -0.2) is 4.39 Å². The summed E-state index contributed by atoms with van der Waals surface area (Å²) in [5.74, 6) is 1.02. The maximum absolute atomic E-state index is 13.1. The number of hydrogen-bond acceptors (Lipinski definition) is 4. The highest BCUT2D eigenvalue weighted by Crippen LogP contribution is 2.30. The second-order valence-corrected chi connectivity index (χ2v) is 7.09. The van der Waals surface area contributed by atoms with Gasteiger partial charge >= 0.3 is 0 Å². The van der Waals surface area contributed by atoms with Crippen LogP contribution in [0.1, 0.15) is 15.2 Å². The fourth-order valence-electron chi connectivity index (χ4n) is 2.72. The smallest absolute Gasteiger partial charge is 0.263 e. The highest BCUT2D eigenvalue weighted by atomic mass is 32.1. The van der Waals surface area contributed by atoms with E-state index in [1.54, 1.807) is 50.4 Å². The Morgan fingerprint density at radius 3 is 2.44 bits per heavy atom. The van der Waals surface area contributed by atoms with Crippen molar-refractivity contribution >= 4 is 17.2 Å². The molecule has 0 saturated heterocycles. The largest absolute Gasteiger partial charge is 0.497 e. The molecule has 0 atom stereocenters. The first-order chi connectivity index (χ1) is 13.0. The Balaban J connectivity index is 1.75.